The zero-order chi connectivity index (χ0) is 7.82. The van der Waals surface area contributed by atoms with E-state index in [0.717, 1.165) is 0 Å². The van der Waals surface area contributed by atoms with Gasteiger partial charge in [0.25, 0.3) is 0 Å². The third-order valence-electron chi connectivity index (χ3n) is 0.843. The topological polar surface area (TPSA) is 26.3 Å². The Kier molecular flexibility index (Phi) is 5.44. The van der Waals surface area contributed by atoms with Gasteiger partial charge in [-0.2, -0.15) is 0 Å². The van der Waals surface area contributed by atoms with Gasteiger partial charge in [-0.3, -0.25) is 0 Å². The maximum absolute atomic E-state index is 10.6. The highest BCUT2D eigenvalue weighted by atomic mass is 16.5. The molecule has 0 fully saturated rings. The minimum atomic E-state index is -0.288. The smallest absolute Gasteiger partial charge is 0.330 e. The molecule has 0 amide bonds. The average Bonchev–Trinajstić information content (AvgIpc) is 1.89. The standard InChI is InChI=1S/C8H12O2/c1-3-5-6-7-8(9)10-4-2/h3,6-7H,1,4-5H2,2H3. The first-order chi connectivity index (χ1) is 4.81. The summed E-state index contributed by atoms with van der Waals surface area (Å²) in [4.78, 5) is 10.6. The molecule has 0 atom stereocenters. The fourth-order valence-corrected chi connectivity index (χ4v) is 0.451. The Bertz CT molecular complexity index is 136. The summed E-state index contributed by atoms with van der Waals surface area (Å²) < 4.78 is 4.63. The molecule has 0 heterocycles. The molecule has 2 nitrogen and oxygen atoms in total. The normalized spacial score (nSPS) is 9.70. The van der Waals surface area contributed by atoms with Crippen LogP contribution in [0.5, 0.6) is 0 Å². The van der Waals surface area contributed by atoms with Crippen LogP contribution in [0.3, 0.4) is 0 Å². The van der Waals surface area contributed by atoms with E-state index in [1.54, 1.807) is 19.1 Å². The van der Waals surface area contributed by atoms with Crippen LogP contribution in [-0.4, -0.2) is 12.6 Å². The fraction of sp³-hybridized carbons (Fsp3) is 0.375. The molecule has 0 rings (SSSR count). The number of esters is 1. The van der Waals surface area contributed by atoms with Crippen molar-refractivity contribution in [2.24, 2.45) is 0 Å². The summed E-state index contributed by atoms with van der Waals surface area (Å²) in [5.74, 6) is -0.288. The van der Waals surface area contributed by atoms with Gasteiger partial charge >= 0.3 is 5.97 Å². The van der Waals surface area contributed by atoms with Crippen LogP contribution < -0.4 is 0 Å². The Morgan fingerprint density at radius 2 is 2.40 bits per heavy atom. The van der Waals surface area contributed by atoms with E-state index in [0.29, 0.717) is 13.0 Å². The first-order valence-corrected chi connectivity index (χ1v) is 3.25. The third-order valence-corrected chi connectivity index (χ3v) is 0.843. The average molecular weight is 140 g/mol. The summed E-state index contributed by atoms with van der Waals surface area (Å²) in [6.07, 6.45) is 5.55. The van der Waals surface area contributed by atoms with Crippen molar-refractivity contribution in [3.63, 3.8) is 0 Å². The molecule has 0 bridgehead atoms. The lowest BCUT2D eigenvalue weighted by Crippen LogP contribution is -1.98. The Morgan fingerprint density at radius 3 is 2.90 bits per heavy atom. The van der Waals surface area contributed by atoms with Crippen LogP contribution in [0.25, 0.3) is 0 Å². The molecule has 0 unspecified atom stereocenters. The molecule has 0 aromatic rings. The van der Waals surface area contributed by atoms with Crippen molar-refractivity contribution in [1.29, 1.82) is 0 Å². The molecule has 0 aromatic heterocycles. The van der Waals surface area contributed by atoms with Crippen molar-refractivity contribution >= 4 is 5.97 Å². The molecule has 56 valence electrons. The molecule has 0 aromatic carbocycles. The number of carbonyl (C=O) groups is 1. The van der Waals surface area contributed by atoms with Gasteiger partial charge in [0.15, 0.2) is 0 Å². The summed E-state index contributed by atoms with van der Waals surface area (Å²) in [6.45, 7) is 5.71. The summed E-state index contributed by atoms with van der Waals surface area (Å²) >= 11 is 0. The minimum absolute atomic E-state index is 0.288. The van der Waals surface area contributed by atoms with Crippen LogP contribution in [0, 0.1) is 0 Å². The van der Waals surface area contributed by atoms with Crippen molar-refractivity contribution in [2.45, 2.75) is 13.3 Å². The molecular weight excluding hydrogens is 128 g/mol. The van der Waals surface area contributed by atoms with Gasteiger partial charge in [0.05, 0.1) is 6.61 Å². The number of hydrogen-bond acceptors (Lipinski definition) is 2. The number of rotatable bonds is 4. The molecule has 0 aliphatic rings. The van der Waals surface area contributed by atoms with Crippen LogP contribution in [0.4, 0.5) is 0 Å². The van der Waals surface area contributed by atoms with Crippen LogP contribution in [0.1, 0.15) is 13.3 Å². The van der Waals surface area contributed by atoms with Crippen LogP contribution in [0.15, 0.2) is 24.8 Å². The van der Waals surface area contributed by atoms with Crippen molar-refractivity contribution in [3.05, 3.63) is 24.8 Å². The molecule has 0 saturated heterocycles. The molecule has 0 radical (unpaired) electrons. The lowest BCUT2D eigenvalue weighted by Gasteiger charge is -1.92. The summed E-state index contributed by atoms with van der Waals surface area (Å²) in [5.41, 5.74) is 0. The largest absolute Gasteiger partial charge is 0.463 e. The highest BCUT2D eigenvalue weighted by Crippen LogP contribution is 1.85. The summed E-state index contributed by atoms with van der Waals surface area (Å²) in [6, 6.07) is 0. The van der Waals surface area contributed by atoms with Crippen LogP contribution >= 0.6 is 0 Å². The Balaban J connectivity index is 3.45. The van der Waals surface area contributed by atoms with Gasteiger partial charge in [0.1, 0.15) is 0 Å². The predicted octanol–water partition coefficient (Wildman–Crippen LogP) is 1.68. The molecule has 10 heavy (non-hydrogen) atoms. The number of hydrogen-bond donors (Lipinski definition) is 0. The molecule has 0 saturated carbocycles. The van der Waals surface area contributed by atoms with E-state index < -0.39 is 0 Å². The SMILES string of the molecule is C=CCC=CC(=O)OCC. The summed E-state index contributed by atoms with van der Waals surface area (Å²) in [7, 11) is 0. The first-order valence-electron chi connectivity index (χ1n) is 3.25. The summed E-state index contributed by atoms with van der Waals surface area (Å²) in [5, 5.41) is 0. The molecule has 0 aliphatic heterocycles. The van der Waals surface area contributed by atoms with Crippen molar-refractivity contribution in [2.75, 3.05) is 6.61 Å². The van der Waals surface area contributed by atoms with E-state index >= 15 is 0 Å². The highest BCUT2D eigenvalue weighted by Gasteiger charge is 1.89. The van der Waals surface area contributed by atoms with E-state index in [1.165, 1.54) is 6.08 Å². The Morgan fingerprint density at radius 1 is 1.70 bits per heavy atom. The molecule has 0 spiro atoms. The molecule has 2 heteroatoms. The third kappa shape index (κ3) is 5.09. The van der Waals surface area contributed by atoms with Crippen molar-refractivity contribution < 1.29 is 9.53 Å². The van der Waals surface area contributed by atoms with Gasteiger partial charge in [-0.05, 0) is 13.3 Å². The van der Waals surface area contributed by atoms with E-state index in [9.17, 15) is 4.79 Å². The zero-order valence-electron chi connectivity index (χ0n) is 6.17. The van der Waals surface area contributed by atoms with Crippen LogP contribution in [-0.2, 0) is 9.53 Å². The Labute approximate surface area is 61.2 Å². The zero-order valence-corrected chi connectivity index (χ0v) is 6.17. The van der Waals surface area contributed by atoms with Crippen molar-refractivity contribution in [1.82, 2.24) is 0 Å². The van der Waals surface area contributed by atoms with Gasteiger partial charge in [-0.25, -0.2) is 4.79 Å². The van der Waals surface area contributed by atoms with Gasteiger partial charge in [0.2, 0.25) is 0 Å². The van der Waals surface area contributed by atoms with Crippen LogP contribution in [0.2, 0.25) is 0 Å². The number of allylic oxidation sites excluding steroid dienone is 2. The van der Waals surface area contributed by atoms with E-state index in [-0.39, 0.29) is 5.97 Å². The van der Waals surface area contributed by atoms with Gasteiger partial charge < -0.3 is 4.74 Å². The van der Waals surface area contributed by atoms with Gasteiger partial charge in [0, 0.05) is 6.08 Å². The Hall–Kier alpha value is -1.05. The number of ether oxygens (including phenoxy) is 1. The highest BCUT2D eigenvalue weighted by molar-refractivity contribution is 5.81. The molecule has 0 N–H and O–H groups in total. The van der Waals surface area contributed by atoms with Crippen molar-refractivity contribution in [3.8, 4) is 0 Å². The lowest BCUT2D eigenvalue weighted by molar-refractivity contribution is -0.137. The van der Waals surface area contributed by atoms with Gasteiger partial charge in [-0.1, -0.05) is 12.2 Å². The maximum atomic E-state index is 10.6. The first kappa shape index (κ1) is 8.95. The quantitative estimate of drug-likeness (QED) is 0.337. The minimum Gasteiger partial charge on any atom is -0.463 e. The maximum Gasteiger partial charge on any atom is 0.330 e. The number of carbonyl (C=O) groups excluding carboxylic acids is 1. The van der Waals surface area contributed by atoms with E-state index in [4.69, 9.17) is 0 Å². The second kappa shape index (κ2) is 6.08. The monoisotopic (exact) mass is 140 g/mol. The second-order valence-corrected chi connectivity index (χ2v) is 1.68. The lowest BCUT2D eigenvalue weighted by atomic mass is 10.4. The van der Waals surface area contributed by atoms with E-state index in [2.05, 4.69) is 11.3 Å². The predicted molar refractivity (Wildman–Crippen MR) is 40.6 cm³/mol. The molecular formula is C8H12O2. The molecule has 0 aliphatic carbocycles. The van der Waals surface area contributed by atoms with Gasteiger partial charge in [-0.15, -0.1) is 6.58 Å². The fourth-order valence-electron chi connectivity index (χ4n) is 0.451. The second-order valence-electron chi connectivity index (χ2n) is 1.68. The van der Waals surface area contributed by atoms with E-state index in [1.807, 2.05) is 0 Å².